The largest absolute Gasteiger partial charge is 0.352 e. The lowest BCUT2D eigenvalue weighted by Crippen LogP contribution is -2.35. The Morgan fingerprint density at radius 2 is 1.90 bits per heavy atom. The fraction of sp³-hybridized carbons (Fsp3) is 0.667. The fourth-order valence-electron chi connectivity index (χ4n) is 2.10. The van der Waals surface area contributed by atoms with E-state index in [1.807, 2.05) is 13.8 Å². The van der Waals surface area contributed by atoms with E-state index in [9.17, 15) is 4.79 Å². The third-order valence-electron chi connectivity index (χ3n) is 3.00. The van der Waals surface area contributed by atoms with Crippen molar-refractivity contribution in [1.82, 2.24) is 20.3 Å². The number of amides is 1. The zero-order valence-corrected chi connectivity index (χ0v) is 12.4. The minimum atomic E-state index is -0.115. The molecule has 0 radical (unpaired) electrons. The Bertz CT molecular complexity index is 486. The molecule has 1 saturated heterocycles. The standard InChI is InChI=1S/C12H22N8O/c1-8(2)15-9(21)7-14-10-16-11(19-13)18-12(17-10)20-5-3-4-6-20/h8H,3-7,13H2,1-2H3,(H,15,21)(H2,14,16,17,18,19). The monoisotopic (exact) mass is 294 g/mol. The first-order chi connectivity index (χ1) is 10.1. The Morgan fingerprint density at radius 1 is 1.24 bits per heavy atom. The van der Waals surface area contributed by atoms with Gasteiger partial charge in [0.1, 0.15) is 0 Å². The van der Waals surface area contributed by atoms with Gasteiger partial charge in [-0.2, -0.15) is 15.0 Å². The molecule has 1 aromatic heterocycles. The SMILES string of the molecule is CC(C)NC(=O)CNc1nc(NN)nc(N2CCCC2)n1. The molecule has 0 atom stereocenters. The van der Waals surface area contributed by atoms with Crippen LogP contribution in [0.2, 0.25) is 0 Å². The molecule has 0 saturated carbocycles. The number of hydrazine groups is 1. The van der Waals surface area contributed by atoms with Gasteiger partial charge < -0.3 is 15.5 Å². The van der Waals surface area contributed by atoms with Crippen molar-refractivity contribution < 1.29 is 4.79 Å². The van der Waals surface area contributed by atoms with Crippen molar-refractivity contribution >= 4 is 23.8 Å². The summed E-state index contributed by atoms with van der Waals surface area (Å²) >= 11 is 0. The summed E-state index contributed by atoms with van der Waals surface area (Å²) in [7, 11) is 0. The summed E-state index contributed by atoms with van der Waals surface area (Å²) in [4.78, 5) is 26.4. The number of nitrogens with zero attached hydrogens (tertiary/aromatic N) is 4. The Labute approximate surface area is 123 Å². The number of nitrogen functional groups attached to an aromatic ring is 1. The van der Waals surface area contributed by atoms with Crippen LogP contribution < -0.4 is 26.8 Å². The second kappa shape index (κ2) is 7.02. The molecule has 1 aliphatic heterocycles. The van der Waals surface area contributed by atoms with Crippen LogP contribution in [-0.4, -0.2) is 46.5 Å². The van der Waals surface area contributed by atoms with Crippen LogP contribution in [0.4, 0.5) is 17.8 Å². The van der Waals surface area contributed by atoms with Gasteiger partial charge in [-0.3, -0.25) is 10.2 Å². The van der Waals surface area contributed by atoms with Crippen LogP contribution in [0.3, 0.4) is 0 Å². The van der Waals surface area contributed by atoms with E-state index in [-0.39, 0.29) is 24.4 Å². The molecule has 2 rings (SSSR count). The number of hydrogen-bond donors (Lipinski definition) is 4. The minimum Gasteiger partial charge on any atom is -0.352 e. The predicted molar refractivity (Wildman–Crippen MR) is 80.9 cm³/mol. The zero-order valence-electron chi connectivity index (χ0n) is 12.4. The Hall–Kier alpha value is -2.16. The molecule has 5 N–H and O–H groups in total. The maximum Gasteiger partial charge on any atom is 0.243 e. The number of nitrogens with two attached hydrogens (primary N) is 1. The van der Waals surface area contributed by atoms with Crippen molar-refractivity contribution in [1.29, 1.82) is 0 Å². The summed E-state index contributed by atoms with van der Waals surface area (Å²) < 4.78 is 0. The first-order valence-electron chi connectivity index (χ1n) is 7.09. The van der Waals surface area contributed by atoms with E-state index in [0.717, 1.165) is 25.9 Å². The van der Waals surface area contributed by atoms with Crippen LogP contribution in [0, 0.1) is 0 Å². The normalized spacial score (nSPS) is 14.4. The van der Waals surface area contributed by atoms with Crippen molar-refractivity contribution in [2.45, 2.75) is 32.7 Å². The molecule has 1 aliphatic rings. The Kier molecular flexibility index (Phi) is 5.09. The molecule has 2 heterocycles. The summed E-state index contributed by atoms with van der Waals surface area (Å²) in [5.41, 5.74) is 2.42. The van der Waals surface area contributed by atoms with E-state index < -0.39 is 0 Å². The molecular weight excluding hydrogens is 272 g/mol. The van der Waals surface area contributed by atoms with E-state index in [1.54, 1.807) is 0 Å². The molecule has 0 aromatic carbocycles. The van der Waals surface area contributed by atoms with Crippen LogP contribution in [-0.2, 0) is 4.79 Å². The molecule has 9 nitrogen and oxygen atoms in total. The molecule has 0 unspecified atom stereocenters. The molecular formula is C12H22N8O. The summed E-state index contributed by atoms with van der Waals surface area (Å²) in [6.45, 7) is 5.75. The smallest absolute Gasteiger partial charge is 0.243 e. The molecule has 0 spiro atoms. The number of aromatic nitrogens is 3. The molecule has 116 valence electrons. The van der Waals surface area contributed by atoms with E-state index in [0.29, 0.717) is 11.9 Å². The third kappa shape index (κ3) is 4.42. The van der Waals surface area contributed by atoms with E-state index >= 15 is 0 Å². The van der Waals surface area contributed by atoms with Gasteiger partial charge in [-0.15, -0.1) is 0 Å². The van der Waals surface area contributed by atoms with Crippen molar-refractivity contribution in [2.24, 2.45) is 5.84 Å². The highest BCUT2D eigenvalue weighted by molar-refractivity contribution is 5.80. The van der Waals surface area contributed by atoms with Gasteiger partial charge in [0.2, 0.25) is 23.8 Å². The Morgan fingerprint density at radius 3 is 2.52 bits per heavy atom. The summed E-state index contributed by atoms with van der Waals surface area (Å²) in [6.07, 6.45) is 2.24. The summed E-state index contributed by atoms with van der Waals surface area (Å²) in [6, 6.07) is 0.0964. The first kappa shape index (κ1) is 15.2. The van der Waals surface area contributed by atoms with Gasteiger partial charge in [0.25, 0.3) is 0 Å². The number of rotatable bonds is 6. The van der Waals surface area contributed by atoms with Crippen LogP contribution in [0.1, 0.15) is 26.7 Å². The lowest BCUT2D eigenvalue weighted by molar-refractivity contribution is -0.119. The van der Waals surface area contributed by atoms with E-state index in [2.05, 4.69) is 35.9 Å². The van der Waals surface area contributed by atoms with Gasteiger partial charge in [0.05, 0.1) is 6.54 Å². The van der Waals surface area contributed by atoms with Gasteiger partial charge in [0, 0.05) is 19.1 Å². The third-order valence-corrected chi connectivity index (χ3v) is 3.00. The summed E-state index contributed by atoms with van der Waals surface area (Å²) in [5.74, 6) is 6.44. The number of carbonyl (C=O) groups excluding carboxylic acids is 1. The highest BCUT2D eigenvalue weighted by Gasteiger charge is 2.17. The quantitative estimate of drug-likeness (QED) is 0.416. The fourth-order valence-corrected chi connectivity index (χ4v) is 2.10. The Balaban J connectivity index is 2.04. The van der Waals surface area contributed by atoms with Crippen molar-refractivity contribution in [3.63, 3.8) is 0 Å². The highest BCUT2D eigenvalue weighted by Crippen LogP contribution is 2.18. The molecule has 0 bridgehead atoms. The number of hydrogen-bond acceptors (Lipinski definition) is 8. The van der Waals surface area contributed by atoms with Crippen molar-refractivity contribution in [3.05, 3.63) is 0 Å². The molecule has 1 aromatic rings. The average Bonchev–Trinajstić information content (AvgIpc) is 2.98. The number of anilines is 3. The molecule has 21 heavy (non-hydrogen) atoms. The maximum atomic E-state index is 11.6. The molecule has 9 heteroatoms. The van der Waals surface area contributed by atoms with Gasteiger partial charge >= 0.3 is 0 Å². The second-order valence-electron chi connectivity index (χ2n) is 5.20. The van der Waals surface area contributed by atoms with Gasteiger partial charge in [-0.1, -0.05) is 0 Å². The first-order valence-corrected chi connectivity index (χ1v) is 7.09. The minimum absolute atomic E-state index is 0.0964. The van der Waals surface area contributed by atoms with Crippen LogP contribution in [0.5, 0.6) is 0 Å². The number of carbonyl (C=O) groups is 1. The zero-order chi connectivity index (χ0) is 15.2. The van der Waals surface area contributed by atoms with Crippen molar-refractivity contribution in [2.75, 3.05) is 35.3 Å². The lowest BCUT2D eigenvalue weighted by Gasteiger charge is -2.16. The summed E-state index contributed by atoms with van der Waals surface area (Å²) in [5, 5.41) is 5.68. The van der Waals surface area contributed by atoms with E-state index in [1.165, 1.54) is 0 Å². The number of nitrogens with one attached hydrogen (secondary N) is 3. The molecule has 0 aliphatic carbocycles. The van der Waals surface area contributed by atoms with Crippen LogP contribution in [0.25, 0.3) is 0 Å². The van der Waals surface area contributed by atoms with E-state index in [4.69, 9.17) is 5.84 Å². The topological polar surface area (TPSA) is 121 Å². The average molecular weight is 294 g/mol. The van der Waals surface area contributed by atoms with Gasteiger partial charge in [-0.05, 0) is 26.7 Å². The van der Waals surface area contributed by atoms with Crippen molar-refractivity contribution in [3.8, 4) is 0 Å². The van der Waals surface area contributed by atoms with Crippen LogP contribution >= 0.6 is 0 Å². The molecule has 1 amide bonds. The van der Waals surface area contributed by atoms with Crippen LogP contribution in [0.15, 0.2) is 0 Å². The molecule has 1 fully saturated rings. The highest BCUT2D eigenvalue weighted by atomic mass is 16.1. The lowest BCUT2D eigenvalue weighted by atomic mass is 10.4. The maximum absolute atomic E-state index is 11.6. The van der Waals surface area contributed by atoms with Gasteiger partial charge in [-0.25, -0.2) is 5.84 Å². The van der Waals surface area contributed by atoms with Gasteiger partial charge in [0.15, 0.2) is 0 Å². The predicted octanol–water partition coefficient (Wildman–Crippen LogP) is -0.306. The second-order valence-corrected chi connectivity index (χ2v) is 5.20.